The van der Waals surface area contributed by atoms with Crippen LogP contribution in [0.1, 0.15) is 17.3 Å². The van der Waals surface area contributed by atoms with E-state index in [1.165, 1.54) is 16.6 Å². The molecule has 0 amide bonds. The van der Waals surface area contributed by atoms with Gasteiger partial charge in [-0.1, -0.05) is 24.3 Å². The molecule has 0 saturated carbocycles. The average molecular weight is 483 g/mol. The van der Waals surface area contributed by atoms with Crippen molar-refractivity contribution in [3.63, 3.8) is 0 Å². The first kappa shape index (κ1) is 22.2. The van der Waals surface area contributed by atoms with Crippen LogP contribution in [-0.2, 0) is 0 Å². The number of hydrazine groups is 1. The summed E-state index contributed by atoms with van der Waals surface area (Å²) in [5.74, 6) is 1.87. The number of piperazine rings is 1. The van der Waals surface area contributed by atoms with Crippen molar-refractivity contribution in [2.45, 2.75) is 22.5 Å². The van der Waals surface area contributed by atoms with Crippen LogP contribution in [0.3, 0.4) is 0 Å². The zero-order chi connectivity index (χ0) is 22.5. The van der Waals surface area contributed by atoms with Crippen molar-refractivity contribution in [3.05, 3.63) is 52.7 Å². The normalized spacial score (nSPS) is 20.3. The molecule has 0 aliphatic carbocycles. The summed E-state index contributed by atoms with van der Waals surface area (Å²) < 4.78 is 0. The van der Waals surface area contributed by atoms with Crippen LogP contribution in [0.25, 0.3) is 0 Å². The molecular formula is C22H26N8OS2. The Balaban J connectivity index is 1.38. The van der Waals surface area contributed by atoms with Crippen LogP contribution >= 0.6 is 23.1 Å². The van der Waals surface area contributed by atoms with Gasteiger partial charge in [0.05, 0.1) is 12.6 Å². The van der Waals surface area contributed by atoms with Gasteiger partial charge >= 0.3 is 0 Å². The van der Waals surface area contributed by atoms with E-state index >= 15 is 0 Å². The highest BCUT2D eigenvalue weighted by molar-refractivity contribution is 7.99. The summed E-state index contributed by atoms with van der Waals surface area (Å²) in [5.41, 5.74) is 6.48. The van der Waals surface area contributed by atoms with E-state index < -0.39 is 0 Å². The maximum absolute atomic E-state index is 9.21. The molecule has 0 radical (unpaired) electrons. The van der Waals surface area contributed by atoms with Gasteiger partial charge in [0.1, 0.15) is 5.84 Å². The predicted octanol–water partition coefficient (Wildman–Crippen LogP) is 2.47. The van der Waals surface area contributed by atoms with E-state index in [2.05, 4.69) is 43.1 Å². The molecule has 5 rings (SSSR count). The van der Waals surface area contributed by atoms with Crippen molar-refractivity contribution in [1.29, 1.82) is 0 Å². The minimum Gasteiger partial charge on any atom is -0.395 e. The molecule has 11 heteroatoms. The van der Waals surface area contributed by atoms with Crippen LogP contribution in [0, 0.1) is 0 Å². The number of aliphatic hydroxyl groups is 1. The van der Waals surface area contributed by atoms with E-state index in [-0.39, 0.29) is 12.6 Å². The fourth-order valence-corrected chi connectivity index (χ4v) is 5.34. The third-order valence-corrected chi connectivity index (χ3v) is 7.38. The predicted molar refractivity (Wildman–Crippen MR) is 131 cm³/mol. The van der Waals surface area contributed by atoms with Crippen LogP contribution < -0.4 is 15.8 Å². The Labute approximate surface area is 201 Å². The molecule has 2 aromatic heterocycles. The van der Waals surface area contributed by atoms with E-state index in [0.717, 1.165) is 43.3 Å². The zero-order valence-electron chi connectivity index (χ0n) is 18.1. The third kappa shape index (κ3) is 5.68. The van der Waals surface area contributed by atoms with E-state index in [0.29, 0.717) is 23.6 Å². The van der Waals surface area contributed by atoms with E-state index in [4.69, 9.17) is 15.0 Å². The number of thiophene rings is 1. The van der Waals surface area contributed by atoms with Gasteiger partial charge in [0, 0.05) is 48.9 Å². The SMILES string of the molecule is OCCN1CCN(c2nc(N=C3CC(c4cccs4)NN3)nc(Sc3ccccc3)n2)CC1. The van der Waals surface area contributed by atoms with E-state index in [9.17, 15) is 5.11 Å². The van der Waals surface area contributed by atoms with Gasteiger partial charge in [0.15, 0.2) is 5.16 Å². The number of β-amino-alcohol motifs (C(OH)–C–C–N with tert-alkyl or cyclic N) is 1. The van der Waals surface area contributed by atoms with Crippen LogP contribution in [0.5, 0.6) is 0 Å². The van der Waals surface area contributed by atoms with Crippen LogP contribution in [0.15, 0.2) is 62.9 Å². The number of aliphatic hydroxyl groups excluding tert-OH is 1. The lowest BCUT2D eigenvalue weighted by molar-refractivity contribution is 0.188. The topological polar surface area (TPSA) is 102 Å². The smallest absolute Gasteiger partial charge is 0.256 e. The molecule has 3 N–H and O–H groups in total. The molecule has 1 atom stereocenters. The Hall–Kier alpha value is -2.57. The van der Waals surface area contributed by atoms with Crippen molar-refractivity contribution in [3.8, 4) is 0 Å². The van der Waals surface area contributed by atoms with Crippen molar-refractivity contribution >= 4 is 40.8 Å². The maximum atomic E-state index is 9.21. The van der Waals surface area contributed by atoms with Gasteiger partial charge in [-0.25, -0.2) is 5.43 Å². The summed E-state index contributed by atoms with van der Waals surface area (Å²) >= 11 is 3.24. The fraction of sp³-hybridized carbons (Fsp3) is 0.364. The lowest BCUT2D eigenvalue weighted by Gasteiger charge is -2.34. The second-order valence-corrected chi connectivity index (χ2v) is 9.81. The molecule has 172 valence electrons. The third-order valence-electron chi connectivity index (χ3n) is 5.52. The molecule has 1 aromatic carbocycles. The number of hydrogen-bond donors (Lipinski definition) is 3. The Kier molecular flexibility index (Phi) is 7.12. The number of aromatic nitrogens is 3. The summed E-state index contributed by atoms with van der Waals surface area (Å²) in [5, 5.41) is 11.9. The summed E-state index contributed by atoms with van der Waals surface area (Å²) in [6, 6.07) is 14.5. The number of rotatable bonds is 7. The molecular weight excluding hydrogens is 456 g/mol. The Bertz CT molecular complexity index is 1070. The number of nitrogens with one attached hydrogen (secondary N) is 2. The van der Waals surface area contributed by atoms with Gasteiger partial charge in [-0.3, -0.25) is 4.90 Å². The van der Waals surface area contributed by atoms with Crippen molar-refractivity contribution in [1.82, 2.24) is 30.7 Å². The molecule has 2 aliphatic heterocycles. The fourth-order valence-electron chi connectivity index (χ4n) is 3.80. The summed E-state index contributed by atoms with van der Waals surface area (Å²) in [6.45, 7) is 4.21. The van der Waals surface area contributed by atoms with Crippen molar-refractivity contribution in [2.75, 3.05) is 44.2 Å². The summed E-state index contributed by atoms with van der Waals surface area (Å²) in [7, 11) is 0. The monoisotopic (exact) mass is 482 g/mol. The number of nitrogens with zero attached hydrogens (tertiary/aromatic N) is 6. The molecule has 9 nitrogen and oxygen atoms in total. The van der Waals surface area contributed by atoms with Gasteiger partial charge in [-0.05, 0) is 35.3 Å². The maximum Gasteiger partial charge on any atom is 0.256 e. The van der Waals surface area contributed by atoms with Gasteiger partial charge in [0.2, 0.25) is 5.95 Å². The molecule has 4 heterocycles. The first-order valence-electron chi connectivity index (χ1n) is 11.0. The highest BCUT2D eigenvalue weighted by atomic mass is 32.2. The second-order valence-electron chi connectivity index (χ2n) is 7.79. The van der Waals surface area contributed by atoms with Gasteiger partial charge in [0.25, 0.3) is 5.95 Å². The zero-order valence-corrected chi connectivity index (χ0v) is 19.7. The molecule has 33 heavy (non-hydrogen) atoms. The number of anilines is 1. The first-order chi connectivity index (χ1) is 16.3. The molecule has 2 saturated heterocycles. The number of hydrogen-bond acceptors (Lipinski definition) is 10. The van der Waals surface area contributed by atoms with Crippen molar-refractivity contribution < 1.29 is 5.11 Å². The first-order valence-corrected chi connectivity index (χ1v) is 12.7. The highest BCUT2D eigenvalue weighted by Crippen LogP contribution is 2.29. The second kappa shape index (κ2) is 10.6. The molecule has 3 aromatic rings. The standard InChI is InChI=1S/C22H26N8OS2/c31-13-12-29-8-10-30(11-9-29)21-24-20(25-22(26-21)33-16-5-2-1-3-6-16)23-19-15-17(27-28-19)18-7-4-14-32-18/h1-7,14,17,27,31H,8-13,15H2,(H,23,24,25,26,28). The van der Waals surface area contributed by atoms with Crippen LogP contribution in [0.2, 0.25) is 0 Å². The molecule has 0 bridgehead atoms. The molecule has 0 spiro atoms. The molecule has 2 aliphatic rings. The van der Waals surface area contributed by atoms with E-state index in [1.807, 2.05) is 30.3 Å². The van der Waals surface area contributed by atoms with E-state index in [1.54, 1.807) is 11.3 Å². The minimum absolute atomic E-state index is 0.179. The lowest BCUT2D eigenvalue weighted by atomic mass is 10.2. The quantitative estimate of drug-likeness (QED) is 0.469. The summed E-state index contributed by atoms with van der Waals surface area (Å²) in [4.78, 5) is 25.6. The Morgan fingerprint density at radius 3 is 2.67 bits per heavy atom. The summed E-state index contributed by atoms with van der Waals surface area (Å²) in [6.07, 6.45) is 0.753. The Morgan fingerprint density at radius 2 is 1.91 bits per heavy atom. The van der Waals surface area contributed by atoms with Gasteiger partial charge in [-0.2, -0.15) is 19.9 Å². The van der Waals surface area contributed by atoms with Crippen molar-refractivity contribution in [2.24, 2.45) is 4.99 Å². The van der Waals surface area contributed by atoms with Crippen LogP contribution in [0.4, 0.5) is 11.9 Å². The highest BCUT2D eigenvalue weighted by Gasteiger charge is 2.24. The number of aliphatic imine (C=N–C) groups is 1. The van der Waals surface area contributed by atoms with Gasteiger partial charge in [-0.15, -0.1) is 11.3 Å². The molecule has 1 unspecified atom stereocenters. The Morgan fingerprint density at radius 1 is 1.06 bits per heavy atom. The minimum atomic E-state index is 0.179. The average Bonchev–Trinajstić information content (AvgIpc) is 3.53. The molecule has 2 fully saturated rings. The van der Waals surface area contributed by atoms with Crippen LogP contribution in [-0.4, -0.2) is 70.1 Å². The lowest BCUT2D eigenvalue weighted by Crippen LogP contribution is -2.47. The number of amidine groups is 1. The number of benzene rings is 1. The van der Waals surface area contributed by atoms with Gasteiger partial charge < -0.3 is 15.4 Å². The largest absolute Gasteiger partial charge is 0.395 e.